The van der Waals surface area contributed by atoms with E-state index in [0.717, 1.165) is 0 Å². The third-order valence-corrected chi connectivity index (χ3v) is 2.44. The van der Waals surface area contributed by atoms with Crippen LogP contribution in [-0.4, -0.2) is 17.5 Å². The van der Waals surface area contributed by atoms with E-state index in [-0.39, 0.29) is 24.6 Å². The number of aryl methyl sites for hydroxylation is 1. The molecule has 20 heavy (non-hydrogen) atoms. The SMILES string of the molecule is Cc1cc(F)ccc1NC(=O)CCC(=O)OC(C)(C)C. The molecule has 0 bridgehead atoms. The van der Waals surface area contributed by atoms with Gasteiger partial charge in [-0.25, -0.2) is 4.39 Å². The van der Waals surface area contributed by atoms with Crippen LogP contribution in [0.3, 0.4) is 0 Å². The predicted octanol–water partition coefficient (Wildman–Crippen LogP) is 3.19. The molecular formula is C15H20FNO3. The summed E-state index contributed by atoms with van der Waals surface area (Å²) in [6.07, 6.45) is 0.0507. The summed E-state index contributed by atoms with van der Waals surface area (Å²) in [6.45, 7) is 7.01. The topological polar surface area (TPSA) is 55.4 Å². The molecule has 1 amide bonds. The number of carbonyl (C=O) groups excluding carboxylic acids is 2. The fourth-order valence-electron chi connectivity index (χ4n) is 1.59. The van der Waals surface area contributed by atoms with Gasteiger partial charge in [-0.1, -0.05) is 0 Å². The molecule has 0 spiro atoms. The Bertz CT molecular complexity index is 506. The highest BCUT2D eigenvalue weighted by atomic mass is 19.1. The normalized spacial score (nSPS) is 11.1. The van der Waals surface area contributed by atoms with E-state index in [1.165, 1.54) is 18.2 Å². The molecule has 0 heterocycles. The molecule has 0 saturated heterocycles. The van der Waals surface area contributed by atoms with Crippen LogP contribution in [0.15, 0.2) is 18.2 Å². The third kappa shape index (κ3) is 5.82. The summed E-state index contributed by atoms with van der Waals surface area (Å²) in [6, 6.07) is 4.11. The van der Waals surface area contributed by atoms with Gasteiger partial charge < -0.3 is 10.1 Å². The fraction of sp³-hybridized carbons (Fsp3) is 0.467. The lowest BCUT2D eigenvalue weighted by Crippen LogP contribution is -2.24. The maximum Gasteiger partial charge on any atom is 0.306 e. The summed E-state index contributed by atoms with van der Waals surface area (Å²) in [5, 5.41) is 2.64. The van der Waals surface area contributed by atoms with Gasteiger partial charge in [0.1, 0.15) is 11.4 Å². The fourth-order valence-corrected chi connectivity index (χ4v) is 1.59. The van der Waals surface area contributed by atoms with Crippen molar-refractivity contribution in [3.63, 3.8) is 0 Å². The van der Waals surface area contributed by atoms with E-state index in [4.69, 9.17) is 4.74 Å². The average molecular weight is 281 g/mol. The Balaban J connectivity index is 2.46. The average Bonchev–Trinajstić information content (AvgIpc) is 2.28. The number of rotatable bonds is 4. The quantitative estimate of drug-likeness (QED) is 0.862. The summed E-state index contributed by atoms with van der Waals surface area (Å²) >= 11 is 0. The smallest absolute Gasteiger partial charge is 0.306 e. The van der Waals surface area contributed by atoms with Crippen LogP contribution >= 0.6 is 0 Å². The second-order valence-electron chi connectivity index (χ2n) is 5.59. The van der Waals surface area contributed by atoms with Gasteiger partial charge in [0, 0.05) is 12.1 Å². The van der Waals surface area contributed by atoms with Crippen molar-refractivity contribution >= 4 is 17.6 Å². The van der Waals surface area contributed by atoms with E-state index < -0.39 is 11.6 Å². The first-order valence-electron chi connectivity index (χ1n) is 6.45. The van der Waals surface area contributed by atoms with Gasteiger partial charge in [0.2, 0.25) is 5.91 Å². The molecule has 110 valence electrons. The van der Waals surface area contributed by atoms with E-state index in [2.05, 4.69) is 5.32 Å². The molecule has 1 aromatic rings. The van der Waals surface area contributed by atoms with Crippen molar-refractivity contribution in [3.8, 4) is 0 Å². The Morgan fingerprint density at radius 2 is 1.90 bits per heavy atom. The summed E-state index contributed by atoms with van der Waals surface area (Å²) in [7, 11) is 0. The number of hydrogen-bond acceptors (Lipinski definition) is 3. The van der Waals surface area contributed by atoms with Crippen molar-refractivity contribution in [3.05, 3.63) is 29.6 Å². The van der Waals surface area contributed by atoms with Crippen molar-refractivity contribution in [1.29, 1.82) is 0 Å². The van der Waals surface area contributed by atoms with Crippen LogP contribution in [0.25, 0.3) is 0 Å². The van der Waals surface area contributed by atoms with Crippen LogP contribution in [0, 0.1) is 12.7 Å². The van der Waals surface area contributed by atoms with Gasteiger partial charge in [-0.3, -0.25) is 9.59 Å². The highest BCUT2D eigenvalue weighted by Crippen LogP contribution is 2.16. The van der Waals surface area contributed by atoms with E-state index in [1.807, 2.05) is 0 Å². The molecule has 0 aliphatic rings. The number of ether oxygens (including phenoxy) is 1. The summed E-state index contributed by atoms with van der Waals surface area (Å²) in [5.41, 5.74) is 0.623. The molecule has 0 aliphatic carbocycles. The van der Waals surface area contributed by atoms with Gasteiger partial charge in [-0.2, -0.15) is 0 Å². The Labute approximate surface area is 118 Å². The molecule has 1 N–H and O–H groups in total. The first kappa shape index (κ1) is 16.1. The van der Waals surface area contributed by atoms with E-state index >= 15 is 0 Å². The van der Waals surface area contributed by atoms with Gasteiger partial charge in [0.05, 0.1) is 6.42 Å². The Morgan fingerprint density at radius 3 is 2.45 bits per heavy atom. The van der Waals surface area contributed by atoms with Crippen LogP contribution in [0.2, 0.25) is 0 Å². The first-order chi connectivity index (χ1) is 9.17. The third-order valence-electron chi connectivity index (χ3n) is 2.44. The van der Waals surface area contributed by atoms with Crippen LogP contribution in [0.4, 0.5) is 10.1 Å². The Morgan fingerprint density at radius 1 is 1.25 bits per heavy atom. The summed E-state index contributed by atoms with van der Waals surface area (Å²) < 4.78 is 18.0. The number of hydrogen-bond donors (Lipinski definition) is 1. The van der Waals surface area contributed by atoms with Gasteiger partial charge in [-0.05, 0) is 51.5 Å². The highest BCUT2D eigenvalue weighted by Gasteiger charge is 2.17. The van der Waals surface area contributed by atoms with Gasteiger partial charge in [0.15, 0.2) is 0 Å². The van der Waals surface area contributed by atoms with Crippen molar-refractivity contribution in [2.75, 3.05) is 5.32 Å². The second-order valence-corrected chi connectivity index (χ2v) is 5.59. The number of halogens is 1. The van der Waals surface area contributed by atoms with Crippen molar-refractivity contribution in [2.24, 2.45) is 0 Å². The monoisotopic (exact) mass is 281 g/mol. The number of anilines is 1. The van der Waals surface area contributed by atoms with Crippen LogP contribution in [0.1, 0.15) is 39.2 Å². The number of benzene rings is 1. The molecular weight excluding hydrogens is 261 g/mol. The lowest BCUT2D eigenvalue weighted by atomic mass is 10.2. The molecule has 0 saturated carbocycles. The van der Waals surface area contributed by atoms with Gasteiger partial charge in [0.25, 0.3) is 0 Å². The van der Waals surface area contributed by atoms with E-state index in [0.29, 0.717) is 11.3 Å². The maximum absolute atomic E-state index is 12.9. The van der Waals surface area contributed by atoms with Crippen LogP contribution < -0.4 is 5.32 Å². The van der Waals surface area contributed by atoms with Crippen LogP contribution in [-0.2, 0) is 14.3 Å². The molecule has 0 atom stereocenters. The minimum Gasteiger partial charge on any atom is -0.460 e. The van der Waals surface area contributed by atoms with Crippen molar-refractivity contribution in [1.82, 2.24) is 0 Å². The Kier molecular flexibility index (Phi) is 5.25. The number of amides is 1. The van der Waals surface area contributed by atoms with E-state index in [1.54, 1.807) is 27.7 Å². The zero-order valence-corrected chi connectivity index (χ0v) is 12.2. The lowest BCUT2D eigenvalue weighted by molar-refractivity contribution is -0.155. The van der Waals surface area contributed by atoms with E-state index in [9.17, 15) is 14.0 Å². The molecule has 0 aromatic heterocycles. The zero-order chi connectivity index (χ0) is 15.3. The lowest BCUT2D eigenvalue weighted by Gasteiger charge is -2.19. The molecule has 1 aromatic carbocycles. The zero-order valence-electron chi connectivity index (χ0n) is 12.2. The molecule has 0 fully saturated rings. The molecule has 5 heteroatoms. The predicted molar refractivity (Wildman–Crippen MR) is 74.8 cm³/mol. The molecule has 1 rings (SSSR count). The minimum atomic E-state index is -0.554. The Hall–Kier alpha value is -1.91. The molecule has 0 aliphatic heterocycles. The molecule has 0 radical (unpaired) electrons. The summed E-state index contributed by atoms with van der Waals surface area (Å²) in [4.78, 5) is 23.2. The van der Waals surface area contributed by atoms with Crippen molar-refractivity contribution in [2.45, 2.75) is 46.1 Å². The van der Waals surface area contributed by atoms with Gasteiger partial charge >= 0.3 is 5.97 Å². The number of carbonyl (C=O) groups is 2. The largest absolute Gasteiger partial charge is 0.460 e. The first-order valence-corrected chi connectivity index (χ1v) is 6.45. The molecule has 4 nitrogen and oxygen atoms in total. The van der Waals surface area contributed by atoms with Crippen LogP contribution in [0.5, 0.6) is 0 Å². The van der Waals surface area contributed by atoms with Gasteiger partial charge in [-0.15, -0.1) is 0 Å². The number of esters is 1. The second kappa shape index (κ2) is 6.50. The van der Waals surface area contributed by atoms with Crippen molar-refractivity contribution < 1.29 is 18.7 Å². The standard InChI is InChI=1S/C15H20FNO3/c1-10-9-11(16)5-6-12(10)17-13(18)7-8-14(19)20-15(2,3)4/h5-6,9H,7-8H2,1-4H3,(H,17,18). The maximum atomic E-state index is 12.9. The number of nitrogens with one attached hydrogen (secondary N) is 1. The molecule has 0 unspecified atom stereocenters. The summed E-state index contributed by atoms with van der Waals surface area (Å²) in [5.74, 6) is -1.07. The highest BCUT2D eigenvalue weighted by molar-refractivity contribution is 5.93. The minimum absolute atomic E-state index is 0.0172.